The first kappa shape index (κ1) is 15.9. The van der Waals surface area contributed by atoms with E-state index in [2.05, 4.69) is 39.8 Å². The van der Waals surface area contributed by atoms with Crippen molar-refractivity contribution in [1.82, 2.24) is 0 Å². The van der Waals surface area contributed by atoms with E-state index in [4.69, 9.17) is 9.47 Å². The molecule has 1 aromatic rings. The third-order valence-corrected chi connectivity index (χ3v) is 3.13. The van der Waals surface area contributed by atoms with Crippen LogP contribution in [0, 0.1) is 0 Å². The fraction of sp³-hybridized carbons (Fsp3) is 0.647. The smallest absolute Gasteiger partial charge is 0.126 e. The lowest BCUT2D eigenvalue weighted by atomic mass is 10.0. The second kappa shape index (κ2) is 8.84. The average molecular weight is 264 g/mol. The van der Waals surface area contributed by atoms with E-state index in [0.717, 1.165) is 50.4 Å². The van der Waals surface area contributed by atoms with Gasteiger partial charge in [-0.1, -0.05) is 46.6 Å². The number of ether oxygens (including phenoxy) is 2. The van der Waals surface area contributed by atoms with Crippen LogP contribution < -0.4 is 9.47 Å². The van der Waals surface area contributed by atoms with Crippen molar-refractivity contribution in [1.29, 1.82) is 0 Å². The van der Waals surface area contributed by atoms with E-state index in [0.29, 0.717) is 5.92 Å². The summed E-state index contributed by atoms with van der Waals surface area (Å²) in [7, 11) is 0. The van der Waals surface area contributed by atoms with Crippen LogP contribution in [0.3, 0.4) is 0 Å². The summed E-state index contributed by atoms with van der Waals surface area (Å²) in [6.45, 7) is 10.3. The molecule has 1 rings (SSSR count). The first-order chi connectivity index (χ1) is 9.19. The quantitative estimate of drug-likeness (QED) is 0.573. The average Bonchev–Trinajstić information content (AvgIpc) is 2.39. The van der Waals surface area contributed by atoms with Gasteiger partial charge in [-0.05, 0) is 30.4 Å². The number of hydrogen-bond donors (Lipinski definition) is 0. The molecule has 0 spiro atoms. The summed E-state index contributed by atoms with van der Waals surface area (Å²) in [5.74, 6) is 2.38. The second-order valence-corrected chi connectivity index (χ2v) is 5.26. The van der Waals surface area contributed by atoms with Crippen molar-refractivity contribution >= 4 is 0 Å². The molecule has 19 heavy (non-hydrogen) atoms. The largest absolute Gasteiger partial charge is 0.493 e. The molecule has 0 saturated carbocycles. The van der Waals surface area contributed by atoms with Gasteiger partial charge in [0.25, 0.3) is 0 Å². The van der Waals surface area contributed by atoms with Crippen LogP contribution >= 0.6 is 0 Å². The Labute approximate surface area is 118 Å². The molecule has 0 bridgehead atoms. The predicted octanol–water partition coefficient (Wildman–Crippen LogP) is 5.17. The summed E-state index contributed by atoms with van der Waals surface area (Å²) in [6.07, 6.45) is 4.50. The molecule has 0 aliphatic carbocycles. The summed E-state index contributed by atoms with van der Waals surface area (Å²) in [4.78, 5) is 0. The van der Waals surface area contributed by atoms with Gasteiger partial charge in [0.15, 0.2) is 0 Å². The van der Waals surface area contributed by atoms with Crippen molar-refractivity contribution in [3.63, 3.8) is 0 Å². The Morgan fingerprint density at radius 2 is 1.58 bits per heavy atom. The Morgan fingerprint density at radius 3 is 2.16 bits per heavy atom. The minimum absolute atomic E-state index is 0.473. The third-order valence-electron chi connectivity index (χ3n) is 3.13. The molecular formula is C17H28O2. The molecule has 0 unspecified atom stereocenters. The van der Waals surface area contributed by atoms with Gasteiger partial charge < -0.3 is 9.47 Å². The van der Waals surface area contributed by atoms with Crippen molar-refractivity contribution in [2.45, 2.75) is 59.3 Å². The highest BCUT2D eigenvalue weighted by molar-refractivity contribution is 5.42. The Morgan fingerprint density at radius 1 is 0.947 bits per heavy atom. The molecule has 0 N–H and O–H groups in total. The van der Waals surface area contributed by atoms with Crippen molar-refractivity contribution in [2.24, 2.45) is 0 Å². The maximum Gasteiger partial charge on any atom is 0.126 e. The molecule has 2 nitrogen and oxygen atoms in total. The van der Waals surface area contributed by atoms with E-state index in [1.165, 1.54) is 5.56 Å². The van der Waals surface area contributed by atoms with E-state index in [1.807, 2.05) is 6.07 Å². The third kappa shape index (κ3) is 5.54. The first-order valence-electron chi connectivity index (χ1n) is 7.58. The number of unbranched alkanes of at least 4 members (excludes halogenated alkanes) is 2. The van der Waals surface area contributed by atoms with Gasteiger partial charge in [0.05, 0.1) is 13.2 Å². The summed E-state index contributed by atoms with van der Waals surface area (Å²) in [5, 5.41) is 0. The summed E-state index contributed by atoms with van der Waals surface area (Å²) in [5.41, 5.74) is 1.26. The van der Waals surface area contributed by atoms with E-state index in [-0.39, 0.29) is 0 Å². The maximum absolute atomic E-state index is 5.91. The number of hydrogen-bond acceptors (Lipinski definition) is 2. The van der Waals surface area contributed by atoms with Gasteiger partial charge in [-0.2, -0.15) is 0 Å². The number of rotatable bonds is 9. The lowest BCUT2D eigenvalue weighted by Gasteiger charge is -2.16. The minimum Gasteiger partial charge on any atom is -0.493 e. The van der Waals surface area contributed by atoms with Crippen LogP contribution in [0.2, 0.25) is 0 Å². The van der Waals surface area contributed by atoms with Gasteiger partial charge in [0.2, 0.25) is 0 Å². The summed E-state index contributed by atoms with van der Waals surface area (Å²) < 4.78 is 11.7. The zero-order valence-corrected chi connectivity index (χ0v) is 12.9. The van der Waals surface area contributed by atoms with Crippen molar-refractivity contribution in [3.05, 3.63) is 23.8 Å². The SMILES string of the molecule is CCCCOc1ccc(C(C)C)c(OCCCC)c1. The molecule has 0 fully saturated rings. The standard InChI is InChI=1S/C17H28O2/c1-5-7-11-18-15-9-10-16(14(3)4)17(13-15)19-12-8-6-2/h9-10,13-14H,5-8,11-12H2,1-4H3. The highest BCUT2D eigenvalue weighted by Crippen LogP contribution is 2.30. The first-order valence-corrected chi connectivity index (χ1v) is 7.58. The second-order valence-electron chi connectivity index (χ2n) is 5.26. The fourth-order valence-corrected chi connectivity index (χ4v) is 1.87. The Balaban J connectivity index is 2.72. The Hall–Kier alpha value is -1.18. The van der Waals surface area contributed by atoms with E-state index in [9.17, 15) is 0 Å². The van der Waals surface area contributed by atoms with Crippen LogP contribution in [0.15, 0.2) is 18.2 Å². The zero-order chi connectivity index (χ0) is 14.1. The lowest BCUT2D eigenvalue weighted by Crippen LogP contribution is -2.03. The van der Waals surface area contributed by atoms with Gasteiger partial charge in [0.1, 0.15) is 11.5 Å². The van der Waals surface area contributed by atoms with Crippen molar-refractivity contribution in [3.8, 4) is 11.5 Å². The van der Waals surface area contributed by atoms with Crippen molar-refractivity contribution in [2.75, 3.05) is 13.2 Å². The normalized spacial score (nSPS) is 10.8. The van der Waals surface area contributed by atoms with Crippen LogP contribution in [-0.2, 0) is 0 Å². The maximum atomic E-state index is 5.91. The molecule has 0 amide bonds. The van der Waals surface area contributed by atoms with E-state index in [1.54, 1.807) is 0 Å². The highest BCUT2D eigenvalue weighted by atomic mass is 16.5. The number of benzene rings is 1. The zero-order valence-electron chi connectivity index (χ0n) is 12.9. The summed E-state index contributed by atoms with van der Waals surface area (Å²) in [6, 6.07) is 6.23. The van der Waals surface area contributed by atoms with Crippen LogP contribution in [0.25, 0.3) is 0 Å². The van der Waals surface area contributed by atoms with Gasteiger partial charge >= 0.3 is 0 Å². The molecule has 0 heterocycles. The molecule has 0 aliphatic heterocycles. The molecular weight excluding hydrogens is 236 g/mol. The van der Waals surface area contributed by atoms with Crippen LogP contribution in [-0.4, -0.2) is 13.2 Å². The molecule has 0 aromatic heterocycles. The molecule has 0 saturated heterocycles. The topological polar surface area (TPSA) is 18.5 Å². The van der Waals surface area contributed by atoms with Crippen LogP contribution in [0.1, 0.15) is 64.9 Å². The highest BCUT2D eigenvalue weighted by Gasteiger charge is 2.09. The fourth-order valence-electron chi connectivity index (χ4n) is 1.87. The van der Waals surface area contributed by atoms with E-state index < -0.39 is 0 Å². The van der Waals surface area contributed by atoms with Crippen molar-refractivity contribution < 1.29 is 9.47 Å². The molecule has 1 aromatic carbocycles. The van der Waals surface area contributed by atoms with Gasteiger partial charge in [-0.3, -0.25) is 0 Å². The van der Waals surface area contributed by atoms with Gasteiger partial charge in [-0.25, -0.2) is 0 Å². The van der Waals surface area contributed by atoms with E-state index >= 15 is 0 Å². The summed E-state index contributed by atoms with van der Waals surface area (Å²) >= 11 is 0. The van der Waals surface area contributed by atoms with Crippen LogP contribution in [0.4, 0.5) is 0 Å². The Bertz CT molecular complexity index is 358. The minimum atomic E-state index is 0.473. The molecule has 2 heteroatoms. The lowest BCUT2D eigenvalue weighted by molar-refractivity contribution is 0.291. The monoisotopic (exact) mass is 264 g/mol. The van der Waals surface area contributed by atoms with Gasteiger partial charge in [-0.15, -0.1) is 0 Å². The molecule has 0 radical (unpaired) electrons. The predicted molar refractivity (Wildman–Crippen MR) is 81.3 cm³/mol. The molecule has 0 aliphatic rings. The Kier molecular flexibility index (Phi) is 7.39. The molecule has 0 atom stereocenters. The van der Waals surface area contributed by atoms with Crippen LogP contribution in [0.5, 0.6) is 11.5 Å². The molecule has 108 valence electrons. The van der Waals surface area contributed by atoms with Gasteiger partial charge in [0, 0.05) is 6.07 Å².